The van der Waals surface area contributed by atoms with Crippen LogP contribution in [-0.2, 0) is 4.79 Å². The molecule has 0 spiro atoms. The Bertz CT molecular complexity index is 1100. The summed E-state index contributed by atoms with van der Waals surface area (Å²) in [6.45, 7) is 8.37. The van der Waals surface area contributed by atoms with Crippen molar-refractivity contribution in [3.63, 3.8) is 0 Å². The number of thiocarbonyl (C=S) groups is 1. The molecule has 2 aliphatic rings. The molecule has 1 amide bonds. The van der Waals surface area contributed by atoms with E-state index in [1.54, 1.807) is 21.6 Å². The molecule has 0 aromatic carbocycles. The highest BCUT2D eigenvalue weighted by Gasteiger charge is 2.33. The molecule has 8 heteroatoms. The molecule has 4 heterocycles. The minimum atomic E-state index is -0.154. The van der Waals surface area contributed by atoms with E-state index in [0.717, 1.165) is 31.5 Å². The van der Waals surface area contributed by atoms with Crippen LogP contribution in [0.15, 0.2) is 28.0 Å². The van der Waals surface area contributed by atoms with Crippen molar-refractivity contribution in [2.24, 2.45) is 5.92 Å². The van der Waals surface area contributed by atoms with Crippen LogP contribution in [0, 0.1) is 12.8 Å². The minimum Gasteiger partial charge on any atom is -0.356 e. The fourth-order valence-corrected chi connectivity index (χ4v) is 5.18. The summed E-state index contributed by atoms with van der Waals surface area (Å²) in [7, 11) is 0. The largest absolute Gasteiger partial charge is 0.356 e. The maximum atomic E-state index is 13.5. The van der Waals surface area contributed by atoms with Crippen molar-refractivity contribution in [3.05, 3.63) is 44.7 Å². The molecule has 0 atom stereocenters. The smallest absolute Gasteiger partial charge is 0.267 e. The number of amides is 1. The van der Waals surface area contributed by atoms with E-state index in [4.69, 9.17) is 17.2 Å². The summed E-state index contributed by atoms with van der Waals surface area (Å²) >= 11 is 6.70. The topological polar surface area (TPSA) is 57.9 Å². The van der Waals surface area contributed by atoms with Gasteiger partial charge in [0.05, 0.1) is 10.5 Å². The molecule has 0 saturated carbocycles. The van der Waals surface area contributed by atoms with Crippen molar-refractivity contribution in [2.75, 3.05) is 24.5 Å². The van der Waals surface area contributed by atoms with E-state index < -0.39 is 0 Å². The fourth-order valence-electron chi connectivity index (χ4n) is 3.93. The molecular formula is C22H26N4O2S2. The minimum absolute atomic E-state index is 0.128. The van der Waals surface area contributed by atoms with Gasteiger partial charge < -0.3 is 4.90 Å². The quantitative estimate of drug-likeness (QED) is 0.530. The number of thioether (sulfide) groups is 1. The molecule has 0 N–H and O–H groups in total. The van der Waals surface area contributed by atoms with Gasteiger partial charge in [0.15, 0.2) is 0 Å². The zero-order chi connectivity index (χ0) is 21.4. The molecule has 0 radical (unpaired) electrons. The number of rotatable bonds is 4. The van der Waals surface area contributed by atoms with Crippen molar-refractivity contribution >= 4 is 51.7 Å². The third-order valence-corrected chi connectivity index (χ3v) is 6.79. The molecule has 6 nitrogen and oxygen atoms in total. The second-order valence-corrected chi connectivity index (χ2v) is 9.95. The standard InChI is InChI=1S/C22H26N4O2S2/c1-14(2)13-26-21(28)17(30-22(26)29)12-16-19(24-9-5-4-6-10-24)23-18-15(3)8-7-11-25(18)20(16)27/h7-8,11-12,14H,4-6,9-10,13H2,1-3H3/b17-12+. The maximum Gasteiger partial charge on any atom is 0.267 e. The Balaban J connectivity index is 1.86. The lowest BCUT2D eigenvalue weighted by atomic mass is 10.1. The molecule has 4 rings (SSSR count). The predicted octanol–water partition coefficient (Wildman–Crippen LogP) is 3.85. The first kappa shape index (κ1) is 21.1. The summed E-state index contributed by atoms with van der Waals surface area (Å²) in [5, 5.41) is 0. The molecule has 30 heavy (non-hydrogen) atoms. The maximum absolute atomic E-state index is 13.5. The van der Waals surface area contributed by atoms with Crippen molar-refractivity contribution in [1.82, 2.24) is 14.3 Å². The van der Waals surface area contributed by atoms with Crippen LogP contribution in [0.5, 0.6) is 0 Å². The van der Waals surface area contributed by atoms with Crippen LogP contribution in [0.3, 0.4) is 0 Å². The number of carbonyl (C=O) groups excluding carboxylic acids is 1. The Labute approximate surface area is 186 Å². The predicted molar refractivity (Wildman–Crippen MR) is 127 cm³/mol. The van der Waals surface area contributed by atoms with Gasteiger partial charge in [-0.25, -0.2) is 4.98 Å². The first-order valence-corrected chi connectivity index (χ1v) is 11.6. The van der Waals surface area contributed by atoms with Gasteiger partial charge in [-0.3, -0.25) is 18.9 Å². The number of carbonyl (C=O) groups is 1. The third kappa shape index (κ3) is 3.90. The third-order valence-electron chi connectivity index (χ3n) is 5.42. The number of fused-ring (bicyclic) bond motifs is 1. The number of aromatic nitrogens is 2. The number of aryl methyl sites for hydroxylation is 1. The monoisotopic (exact) mass is 442 g/mol. The summed E-state index contributed by atoms with van der Waals surface area (Å²) in [6, 6.07) is 3.80. The average molecular weight is 443 g/mol. The van der Waals surface area contributed by atoms with Gasteiger partial charge in [0, 0.05) is 25.8 Å². The number of pyridine rings is 1. The number of anilines is 1. The SMILES string of the molecule is Cc1cccn2c(=O)c(/C=C3/SC(=S)N(CC(C)C)C3=O)c(N3CCCCC3)nc12. The molecule has 2 aromatic heterocycles. The van der Waals surface area contributed by atoms with E-state index in [0.29, 0.717) is 38.7 Å². The normalized spacial score (nSPS) is 19.0. The van der Waals surface area contributed by atoms with Gasteiger partial charge in [0.1, 0.15) is 15.8 Å². The van der Waals surface area contributed by atoms with Gasteiger partial charge >= 0.3 is 0 Å². The number of piperidine rings is 1. The first-order chi connectivity index (χ1) is 14.4. The van der Waals surface area contributed by atoms with Crippen molar-refractivity contribution in [2.45, 2.75) is 40.0 Å². The lowest BCUT2D eigenvalue weighted by molar-refractivity contribution is -0.122. The Kier molecular flexibility index (Phi) is 5.97. The molecule has 0 unspecified atom stereocenters. The second-order valence-electron chi connectivity index (χ2n) is 8.27. The summed E-state index contributed by atoms with van der Waals surface area (Å²) in [5.74, 6) is 0.854. The Hall–Kier alpha value is -2.19. The van der Waals surface area contributed by atoms with E-state index in [-0.39, 0.29) is 11.5 Å². The Morgan fingerprint density at radius 2 is 1.97 bits per heavy atom. The van der Waals surface area contributed by atoms with Gasteiger partial charge in [-0.05, 0) is 49.8 Å². The zero-order valence-corrected chi connectivity index (χ0v) is 19.2. The number of nitrogens with zero attached hydrogens (tertiary/aromatic N) is 4. The number of hydrogen-bond acceptors (Lipinski definition) is 6. The van der Waals surface area contributed by atoms with E-state index >= 15 is 0 Å². The molecule has 158 valence electrons. The van der Waals surface area contributed by atoms with E-state index in [1.807, 2.05) is 19.1 Å². The van der Waals surface area contributed by atoms with Crippen molar-refractivity contribution in [3.8, 4) is 0 Å². The second kappa shape index (κ2) is 8.51. The van der Waals surface area contributed by atoms with Crippen LogP contribution in [0.1, 0.15) is 44.2 Å². The molecule has 0 aliphatic carbocycles. The van der Waals surface area contributed by atoms with Gasteiger partial charge in [0.25, 0.3) is 11.5 Å². The summed E-state index contributed by atoms with van der Waals surface area (Å²) < 4.78 is 2.12. The molecule has 2 saturated heterocycles. The zero-order valence-electron chi connectivity index (χ0n) is 17.6. The van der Waals surface area contributed by atoms with Crippen LogP contribution in [0.25, 0.3) is 11.7 Å². The Morgan fingerprint density at radius 3 is 2.67 bits per heavy atom. The van der Waals surface area contributed by atoms with Gasteiger partial charge in [-0.15, -0.1) is 0 Å². The van der Waals surface area contributed by atoms with Crippen molar-refractivity contribution < 1.29 is 4.79 Å². The summed E-state index contributed by atoms with van der Waals surface area (Å²) in [6.07, 6.45) is 6.77. The van der Waals surface area contributed by atoms with Crippen LogP contribution in [0.2, 0.25) is 0 Å². The summed E-state index contributed by atoms with van der Waals surface area (Å²) in [5.41, 5.74) is 1.92. The number of hydrogen-bond donors (Lipinski definition) is 0. The average Bonchev–Trinajstić information content (AvgIpc) is 2.98. The molecule has 2 aromatic rings. The lowest BCUT2D eigenvalue weighted by Crippen LogP contribution is -2.34. The van der Waals surface area contributed by atoms with Gasteiger partial charge in [-0.1, -0.05) is 43.9 Å². The lowest BCUT2D eigenvalue weighted by Gasteiger charge is -2.29. The Morgan fingerprint density at radius 1 is 1.23 bits per heavy atom. The highest BCUT2D eigenvalue weighted by molar-refractivity contribution is 8.26. The van der Waals surface area contributed by atoms with Gasteiger partial charge in [0.2, 0.25) is 0 Å². The van der Waals surface area contributed by atoms with Crippen molar-refractivity contribution in [1.29, 1.82) is 0 Å². The van der Waals surface area contributed by atoms with Crippen LogP contribution >= 0.6 is 24.0 Å². The molecule has 0 bridgehead atoms. The van der Waals surface area contributed by atoms with E-state index in [9.17, 15) is 9.59 Å². The van der Waals surface area contributed by atoms with Gasteiger partial charge in [-0.2, -0.15) is 0 Å². The van der Waals surface area contributed by atoms with E-state index in [2.05, 4.69) is 18.7 Å². The van der Waals surface area contributed by atoms with Crippen LogP contribution < -0.4 is 10.5 Å². The summed E-state index contributed by atoms with van der Waals surface area (Å²) in [4.78, 5) is 35.6. The molecular weight excluding hydrogens is 416 g/mol. The van der Waals surface area contributed by atoms with Crippen LogP contribution in [0.4, 0.5) is 5.82 Å². The molecule has 2 aliphatic heterocycles. The van der Waals surface area contributed by atoms with E-state index in [1.165, 1.54) is 18.2 Å². The highest BCUT2D eigenvalue weighted by atomic mass is 32.2. The highest BCUT2D eigenvalue weighted by Crippen LogP contribution is 2.34. The molecule has 2 fully saturated rings. The fraction of sp³-hybridized carbons (Fsp3) is 0.455. The first-order valence-electron chi connectivity index (χ1n) is 10.4. The van der Waals surface area contributed by atoms with Crippen LogP contribution in [-0.4, -0.2) is 44.1 Å².